The highest BCUT2D eigenvalue weighted by molar-refractivity contribution is 6.31. The first kappa shape index (κ1) is 30.9. The van der Waals surface area contributed by atoms with Crippen LogP contribution in [0.3, 0.4) is 0 Å². The molecular weight excluding hydrogens is 530 g/mol. The van der Waals surface area contributed by atoms with Gasteiger partial charge in [0.05, 0.1) is 18.2 Å². The van der Waals surface area contributed by atoms with E-state index in [0.29, 0.717) is 52.9 Å². The number of hydrogen-bond acceptors (Lipinski definition) is 8. The van der Waals surface area contributed by atoms with Crippen LogP contribution in [-0.2, 0) is 21.7 Å². The van der Waals surface area contributed by atoms with Crippen molar-refractivity contribution in [2.24, 2.45) is 10.7 Å². The Hall–Kier alpha value is -4.36. The average molecular weight is 557 g/mol. The number of benzene rings is 2. The van der Waals surface area contributed by atoms with Gasteiger partial charge in [-0.2, -0.15) is 14.0 Å². The number of aliphatic imine (C=N–C) groups is 1. The molecule has 0 unspecified atom stereocenters. The van der Waals surface area contributed by atoms with Crippen LogP contribution in [0, 0.1) is 11.3 Å². The fourth-order valence-corrected chi connectivity index (χ4v) is 3.78. The minimum Gasteiger partial charge on any atom is -0.404 e. The van der Waals surface area contributed by atoms with Gasteiger partial charge in [-0.1, -0.05) is 29.8 Å². The fourth-order valence-electron chi connectivity index (χ4n) is 3.55. The second-order valence-corrected chi connectivity index (χ2v) is 8.71. The quantitative estimate of drug-likeness (QED) is 0.0829. The van der Waals surface area contributed by atoms with Crippen LogP contribution in [0.2, 0.25) is 5.02 Å². The summed E-state index contributed by atoms with van der Waals surface area (Å²) in [5.41, 5.74) is 7.05. The molecular formula is C27H27ClF2N6O3. The van der Waals surface area contributed by atoms with Gasteiger partial charge in [-0.05, 0) is 60.8 Å². The van der Waals surface area contributed by atoms with Gasteiger partial charge in [0, 0.05) is 35.1 Å². The summed E-state index contributed by atoms with van der Waals surface area (Å²) >= 11 is 6.28. The van der Waals surface area contributed by atoms with Crippen molar-refractivity contribution >= 4 is 41.5 Å². The zero-order valence-electron chi connectivity index (χ0n) is 21.0. The van der Waals surface area contributed by atoms with E-state index in [4.69, 9.17) is 22.6 Å². The van der Waals surface area contributed by atoms with Crippen molar-refractivity contribution in [1.29, 1.82) is 5.26 Å². The highest BCUT2D eigenvalue weighted by Crippen LogP contribution is 2.47. The Kier molecular flexibility index (Phi) is 12.0. The monoisotopic (exact) mass is 556 g/mol. The lowest BCUT2D eigenvalue weighted by molar-refractivity contribution is -0.105. The lowest BCUT2D eigenvalue weighted by Crippen LogP contribution is -2.35. The Morgan fingerprint density at radius 1 is 1.28 bits per heavy atom. The summed E-state index contributed by atoms with van der Waals surface area (Å²) in [4.78, 5) is 37.8. The van der Waals surface area contributed by atoms with Gasteiger partial charge in [0.15, 0.2) is 17.9 Å². The van der Waals surface area contributed by atoms with E-state index in [1.54, 1.807) is 49.5 Å². The van der Waals surface area contributed by atoms with Crippen LogP contribution in [0.5, 0.6) is 0 Å². The molecule has 1 aliphatic rings. The summed E-state index contributed by atoms with van der Waals surface area (Å²) in [5, 5.41) is 16.4. The third-order valence-electron chi connectivity index (χ3n) is 5.61. The Morgan fingerprint density at radius 3 is 2.54 bits per heavy atom. The third kappa shape index (κ3) is 9.16. The summed E-state index contributed by atoms with van der Waals surface area (Å²) in [6.07, 6.45) is 3.78. The minimum absolute atomic E-state index is 0.0787. The van der Waals surface area contributed by atoms with Gasteiger partial charge in [0.1, 0.15) is 0 Å². The van der Waals surface area contributed by atoms with Crippen LogP contribution >= 0.6 is 11.6 Å². The number of carbonyl (C=O) groups is 2. The fraction of sp³-hybridized carbons (Fsp3) is 0.259. The molecule has 0 bridgehead atoms. The number of rotatable bonds is 11. The SMILES string of the molecule is CNCC#N.N/C=C(\C=N\C(F)F)c1cc(Cl)cc(C2(NC(=O)c3ccccc3CNC(=C=O)C=O)CC2)c1. The number of nitrogens with two attached hydrogens (primary N) is 1. The average Bonchev–Trinajstić information content (AvgIpc) is 3.71. The first-order chi connectivity index (χ1) is 18.7. The minimum atomic E-state index is -2.87. The summed E-state index contributed by atoms with van der Waals surface area (Å²) in [6, 6.07) is 13.7. The highest BCUT2D eigenvalue weighted by atomic mass is 35.5. The zero-order chi connectivity index (χ0) is 28.8. The second kappa shape index (κ2) is 15.1. The largest absolute Gasteiger partial charge is 0.404 e. The number of allylic oxidation sites excluding steroid dienone is 2. The molecule has 5 N–H and O–H groups in total. The van der Waals surface area contributed by atoms with Gasteiger partial charge in [0.2, 0.25) is 0 Å². The van der Waals surface area contributed by atoms with E-state index < -0.39 is 12.1 Å². The maximum atomic E-state index is 13.2. The standard InChI is InChI=1S/C24H21ClF2N4O3.C3H6N2/c25-19-8-16(17(10-28)12-30-23(26)27)7-18(9-19)24(5-6-24)31-22(34)21-4-2-1-3-15(21)11-29-20(13-32)14-33;1-5-3-2-4/h1-4,7-10,12-13,23,29H,5-6,11,28H2,(H,31,34);5H,3H2,1H3/b17-10+,30-12+;. The van der Waals surface area contributed by atoms with Crippen molar-refractivity contribution in [3.63, 3.8) is 0 Å². The third-order valence-corrected chi connectivity index (χ3v) is 5.83. The molecule has 0 aliphatic heterocycles. The predicted octanol–water partition coefficient (Wildman–Crippen LogP) is 3.09. The maximum Gasteiger partial charge on any atom is 0.331 e. The van der Waals surface area contributed by atoms with Crippen LogP contribution in [-0.4, -0.2) is 44.5 Å². The smallest absolute Gasteiger partial charge is 0.331 e. The van der Waals surface area contributed by atoms with E-state index in [1.165, 1.54) is 5.94 Å². The first-order valence-corrected chi connectivity index (χ1v) is 12.0. The van der Waals surface area contributed by atoms with Crippen LogP contribution < -0.4 is 21.7 Å². The molecule has 1 amide bonds. The van der Waals surface area contributed by atoms with Crippen molar-refractivity contribution in [1.82, 2.24) is 16.0 Å². The van der Waals surface area contributed by atoms with Crippen molar-refractivity contribution in [3.05, 3.63) is 81.6 Å². The lowest BCUT2D eigenvalue weighted by Gasteiger charge is -2.21. The van der Waals surface area contributed by atoms with Gasteiger partial charge in [-0.3, -0.25) is 9.59 Å². The molecule has 2 aromatic carbocycles. The first-order valence-electron chi connectivity index (χ1n) is 11.6. The molecule has 0 aromatic heterocycles. The Morgan fingerprint density at radius 2 is 2.00 bits per heavy atom. The van der Waals surface area contributed by atoms with Crippen molar-refractivity contribution in [2.75, 3.05) is 13.6 Å². The zero-order valence-corrected chi connectivity index (χ0v) is 21.8. The van der Waals surface area contributed by atoms with Crippen molar-refractivity contribution < 1.29 is 23.2 Å². The van der Waals surface area contributed by atoms with Crippen LogP contribution in [0.4, 0.5) is 8.78 Å². The molecule has 9 nitrogen and oxygen atoms in total. The normalized spacial score (nSPS) is 13.5. The van der Waals surface area contributed by atoms with E-state index in [2.05, 4.69) is 20.9 Å². The summed E-state index contributed by atoms with van der Waals surface area (Å²) in [6.45, 7) is -2.35. The summed E-state index contributed by atoms with van der Waals surface area (Å²) in [7, 11) is 1.74. The highest BCUT2D eigenvalue weighted by Gasteiger charge is 2.46. The molecule has 12 heteroatoms. The predicted molar refractivity (Wildman–Crippen MR) is 145 cm³/mol. The van der Waals surface area contributed by atoms with Crippen molar-refractivity contribution in [2.45, 2.75) is 31.5 Å². The number of nitrogens with zero attached hydrogens (tertiary/aromatic N) is 2. The second-order valence-electron chi connectivity index (χ2n) is 8.28. The van der Waals surface area contributed by atoms with E-state index in [9.17, 15) is 23.2 Å². The Labute approximate surface area is 229 Å². The number of nitriles is 1. The van der Waals surface area contributed by atoms with Crippen molar-refractivity contribution in [3.8, 4) is 6.07 Å². The van der Waals surface area contributed by atoms with Crippen LogP contribution in [0.25, 0.3) is 5.57 Å². The van der Waals surface area contributed by atoms with E-state index >= 15 is 0 Å². The summed E-state index contributed by atoms with van der Waals surface area (Å²) in [5.74, 6) is 1.14. The van der Waals surface area contributed by atoms with E-state index in [-0.39, 0.29) is 23.7 Å². The molecule has 3 rings (SSSR count). The van der Waals surface area contributed by atoms with Gasteiger partial charge >= 0.3 is 6.55 Å². The Bertz CT molecular complexity index is 1330. The van der Waals surface area contributed by atoms with Gasteiger partial charge < -0.3 is 21.7 Å². The molecule has 0 spiro atoms. The molecule has 204 valence electrons. The van der Waals surface area contributed by atoms with Gasteiger partial charge in [-0.25, -0.2) is 9.79 Å². The van der Waals surface area contributed by atoms with Crippen LogP contribution in [0.1, 0.15) is 39.9 Å². The molecule has 0 radical (unpaired) electrons. The number of alkyl halides is 2. The van der Waals surface area contributed by atoms with E-state index in [1.807, 2.05) is 6.07 Å². The molecule has 1 aliphatic carbocycles. The lowest BCUT2D eigenvalue weighted by atomic mass is 9.97. The number of aldehydes is 1. The van der Waals surface area contributed by atoms with E-state index in [0.717, 1.165) is 12.4 Å². The molecule has 1 saturated carbocycles. The van der Waals surface area contributed by atoms with Gasteiger partial charge in [-0.15, -0.1) is 0 Å². The maximum absolute atomic E-state index is 13.2. The number of amides is 1. The molecule has 39 heavy (non-hydrogen) atoms. The number of carbonyl (C=O) groups excluding carboxylic acids is 3. The molecule has 2 aromatic rings. The number of hydrogen-bond donors (Lipinski definition) is 4. The van der Waals surface area contributed by atoms with Gasteiger partial charge in [0.25, 0.3) is 5.91 Å². The molecule has 0 atom stereocenters. The summed E-state index contributed by atoms with van der Waals surface area (Å²) < 4.78 is 25.0. The number of nitrogens with one attached hydrogen (secondary N) is 3. The Balaban J connectivity index is 0.000000976. The molecule has 0 saturated heterocycles. The topological polar surface area (TPSA) is 149 Å². The molecule has 1 fully saturated rings. The van der Waals surface area contributed by atoms with Crippen LogP contribution in [0.15, 0.2) is 59.4 Å². The number of halogens is 3. The molecule has 0 heterocycles.